The van der Waals surface area contributed by atoms with Crippen molar-refractivity contribution in [1.82, 2.24) is 10.2 Å². The van der Waals surface area contributed by atoms with E-state index < -0.39 is 0 Å². The van der Waals surface area contributed by atoms with E-state index in [0.717, 1.165) is 28.4 Å². The number of urea groups is 1. The van der Waals surface area contributed by atoms with E-state index in [0.29, 0.717) is 19.8 Å². The number of carbonyl (C=O) groups excluding carboxylic acids is 1. The summed E-state index contributed by atoms with van der Waals surface area (Å²) < 4.78 is 16.5. The van der Waals surface area contributed by atoms with E-state index in [-0.39, 0.29) is 18.0 Å². The maximum atomic E-state index is 12.8. The Hall–Kier alpha value is -2.89. The lowest BCUT2D eigenvalue weighted by atomic mass is 9.95. The number of hydrogen-bond acceptors (Lipinski definition) is 4. The molecule has 0 radical (unpaired) electrons. The second-order valence-electron chi connectivity index (χ2n) is 7.28. The summed E-state index contributed by atoms with van der Waals surface area (Å²) in [7, 11) is 3.43. The molecule has 0 fully saturated rings. The number of hydrogen-bond donors (Lipinski definition) is 1. The van der Waals surface area contributed by atoms with Gasteiger partial charge in [-0.2, -0.15) is 0 Å². The monoisotopic (exact) mass is 384 g/mol. The molecule has 2 aromatic carbocycles. The van der Waals surface area contributed by atoms with Gasteiger partial charge in [-0.05, 0) is 41.3 Å². The Morgan fingerprint density at radius 3 is 2.43 bits per heavy atom. The molecule has 150 valence electrons. The maximum Gasteiger partial charge on any atom is 0.317 e. The van der Waals surface area contributed by atoms with E-state index in [4.69, 9.17) is 14.2 Å². The summed E-state index contributed by atoms with van der Waals surface area (Å²) in [6.45, 7) is 5.80. The van der Waals surface area contributed by atoms with E-state index in [2.05, 4.69) is 19.2 Å². The van der Waals surface area contributed by atoms with Crippen LogP contribution >= 0.6 is 0 Å². The van der Waals surface area contributed by atoms with Crippen LogP contribution in [0.4, 0.5) is 4.79 Å². The Bertz CT molecular complexity index is 805. The lowest BCUT2D eigenvalue weighted by Gasteiger charge is -2.28. The molecule has 1 aliphatic rings. The number of rotatable bonds is 6. The average Bonchev–Trinajstić information content (AvgIpc) is 2.71. The predicted molar refractivity (Wildman–Crippen MR) is 108 cm³/mol. The van der Waals surface area contributed by atoms with Crippen LogP contribution < -0.4 is 19.5 Å². The molecule has 1 N–H and O–H groups in total. The fraction of sp³-hybridized carbons (Fsp3) is 0.409. The molecule has 0 aliphatic carbocycles. The van der Waals surface area contributed by atoms with Gasteiger partial charge in [0.2, 0.25) is 0 Å². The number of benzene rings is 2. The summed E-state index contributed by atoms with van der Waals surface area (Å²) in [6, 6.07) is 13.3. The molecular weight excluding hydrogens is 356 g/mol. The smallest absolute Gasteiger partial charge is 0.317 e. The highest BCUT2D eigenvalue weighted by atomic mass is 16.6. The molecule has 0 saturated carbocycles. The van der Waals surface area contributed by atoms with E-state index in [1.807, 2.05) is 42.5 Å². The third-order valence-electron chi connectivity index (χ3n) is 4.80. The van der Waals surface area contributed by atoms with E-state index >= 15 is 0 Å². The van der Waals surface area contributed by atoms with Crippen LogP contribution in [-0.4, -0.2) is 38.3 Å². The molecular formula is C22H28N2O4. The lowest BCUT2D eigenvalue weighted by molar-refractivity contribution is 0.171. The number of ether oxygens (including phenoxy) is 3. The maximum absolute atomic E-state index is 12.8. The first kappa shape index (κ1) is 19.9. The van der Waals surface area contributed by atoms with Crippen molar-refractivity contribution in [2.45, 2.75) is 26.4 Å². The summed E-state index contributed by atoms with van der Waals surface area (Å²) >= 11 is 0. The zero-order chi connectivity index (χ0) is 20.1. The fourth-order valence-corrected chi connectivity index (χ4v) is 3.21. The predicted octanol–water partition coefficient (Wildman–Crippen LogP) is 4.01. The number of carbonyl (C=O) groups is 1. The van der Waals surface area contributed by atoms with Crippen LogP contribution in [0.15, 0.2) is 42.5 Å². The summed E-state index contributed by atoms with van der Waals surface area (Å²) in [6.07, 6.45) is 0. The first-order valence-electron chi connectivity index (χ1n) is 9.52. The van der Waals surface area contributed by atoms with Gasteiger partial charge >= 0.3 is 6.03 Å². The van der Waals surface area contributed by atoms with Crippen LogP contribution in [0, 0.1) is 5.92 Å². The van der Waals surface area contributed by atoms with Crippen molar-refractivity contribution in [2.75, 3.05) is 27.4 Å². The van der Waals surface area contributed by atoms with Crippen molar-refractivity contribution in [3.63, 3.8) is 0 Å². The van der Waals surface area contributed by atoms with Crippen LogP contribution in [0.2, 0.25) is 0 Å². The fourth-order valence-electron chi connectivity index (χ4n) is 3.21. The molecule has 1 aliphatic heterocycles. The molecule has 2 aromatic rings. The van der Waals surface area contributed by atoms with Gasteiger partial charge in [0.25, 0.3) is 0 Å². The van der Waals surface area contributed by atoms with Gasteiger partial charge in [0.1, 0.15) is 19.0 Å². The molecule has 28 heavy (non-hydrogen) atoms. The van der Waals surface area contributed by atoms with Gasteiger partial charge in [0.05, 0.1) is 13.2 Å². The minimum Gasteiger partial charge on any atom is -0.497 e. The van der Waals surface area contributed by atoms with E-state index in [9.17, 15) is 4.79 Å². The molecule has 0 saturated heterocycles. The van der Waals surface area contributed by atoms with Gasteiger partial charge in [-0.15, -0.1) is 0 Å². The van der Waals surface area contributed by atoms with Gasteiger partial charge in [-0.1, -0.05) is 32.0 Å². The first-order valence-corrected chi connectivity index (χ1v) is 9.52. The molecule has 6 heteroatoms. The van der Waals surface area contributed by atoms with E-state index in [1.54, 1.807) is 19.1 Å². The topological polar surface area (TPSA) is 60.0 Å². The lowest BCUT2D eigenvalue weighted by Crippen LogP contribution is -2.40. The number of amides is 2. The highest BCUT2D eigenvalue weighted by molar-refractivity contribution is 5.74. The van der Waals surface area contributed by atoms with Crippen molar-refractivity contribution in [1.29, 1.82) is 0 Å². The summed E-state index contributed by atoms with van der Waals surface area (Å²) in [5.41, 5.74) is 2.05. The van der Waals surface area contributed by atoms with Gasteiger partial charge < -0.3 is 24.4 Å². The molecule has 3 rings (SSSR count). The van der Waals surface area contributed by atoms with Crippen molar-refractivity contribution in [3.8, 4) is 17.2 Å². The minimum absolute atomic E-state index is 0.121. The normalized spacial score (nSPS) is 13.8. The molecule has 1 atom stereocenters. The highest BCUT2D eigenvalue weighted by Crippen LogP contribution is 2.34. The standard InChI is InChI=1S/C22H28N2O4/c1-15(2)21(17-7-10-19-20(13-17)28-12-11-27-19)23-22(25)24(3)14-16-5-8-18(26-4)9-6-16/h5-10,13,15,21H,11-12,14H2,1-4H3,(H,23,25)/t21-/m1/s1. The quantitative estimate of drug-likeness (QED) is 0.818. The van der Waals surface area contributed by atoms with Crippen LogP contribution in [0.25, 0.3) is 0 Å². The highest BCUT2D eigenvalue weighted by Gasteiger charge is 2.23. The zero-order valence-electron chi connectivity index (χ0n) is 16.9. The molecule has 6 nitrogen and oxygen atoms in total. The molecule has 0 spiro atoms. The Kier molecular flexibility index (Phi) is 6.29. The number of nitrogens with zero attached hydrogens (tertiary/aromatic N) is 1. The van der Waals surface area contributed by atoms with Crippen molar-refractivity contribution in [3.05, 3.63) is 53.6 Å². The second kappa shape index (κ2) is 8.87. The third kappa shape index (κ3) is 4.68. The molecule has 2 amide bonds. The average molecular weight is 384 g/mol. The van der Waals surface area contributed by atoms with Crippen LogP contribution in [0.3, 0.4) is 0 Å². The van der Waals surface area contributed by atoms with Crippen molar-refractivity contribution < 1.29 is 19.0 Å². The summed E-state index contributed by atoms with van der Waals surface area (Å²) in [4.78, 5) is 14.5. The van der Waals surface area contributed by atoms with Crippen molar-refractivity contribution in [2.24, 2.45) is 5.92 Å². The summed E-state index contributed by atoms with van der Waals surface area (Å²) in [5.74, 6) is 2.51. The van der Waals surface area contributed by atoms with Crippen LogP contribution in [-0.2, 0) is 6.54 Å². The second-order valence-corrected chi connectivity index (χ2v) is 7.28. The Morgan fingerprint density at radius 2 is 1.79 bits per heavy atom. The minimum atomic E-state index is -0.123. The SMILES string of the molecule is COc1ccc(CN(C)C(=O)N[C@@H](c2ccc3c(c2)OCCO3)C(C)C)cc1. The van der Waals surface area contributed by atoms with Crippen molar-refractivity contribution >= 4 is 6.03 Å². The Balaban J connectivity index is 1.68. The van der Waals surface area contributed by atoms with Crippen LogP contribution in [0.1, 0.15) is 31.0 Å². The van der Waals surface area contributed by atoms with Gasteiger partial charge in [-0.25, -0.2) is 4.79 Å². The third-order valence-corrected chi connectivity index (χ3v) is 4.80. The largest absolute Gasteiger partial charge is 0.497 e. The number of methoxy groups -OCH3 is 1. The molecule has 1 heterocycles. The Labute approximate surface area is 166 Å². The van der Waals surface area contributed by atoms with E-state index in [1.165, 1.54) is 0 Å². The van der Waals surface area contributed by atoms with Gasteiger partial charge in [0, 0.05) is 13.6 Å². The number of fused-ring (bicyclic) bond motifs is 1. The van der Waals surface area contributed by atoms with Gasteiger partial charge in [0.15, 0.2) is 11.5 Å². The Morgan fingerprint density at radius 1 is 1.11 bits per heavy atom. The zero-order valence-corrected chi connectivity index (χ0v) is 16.9. The molecule has 0 unspecified atom stereocenters. The van der Waals surface area contributed by atoms with Crippen LogP contribution in [0.5, 0.6) is 17.2 Å². The number of nitrogens with one attached hydrogen (secondary N) is 1. The van der Waals surface area contributed by atoms with Gasteiger partial charge in [-0.3, -0.25) is 0 Å². The molecule has 0 bridgehead atoms. The first-order chi connectivity index (χ1) is 13.5. The molecule has 0 aromatic heterocycles. The summed E-state index contributed by atoms with van der Waals surface area (Å²) in [5, 5.41) is 3.15.